The van der Waals surface area contributed by atoms with Crippen LogP contribution in [0.4, 0.5) is 11.4 Å². The number of anilines is 2. The van der Waals surface area contributed by atoms with Crippen LogP contribution in [0.15, 0.2) is 30.6 Å². The van der Waals surface area contributed by atoms with Gasteiger partial charge in [-0.15, -0.1) is 0 Å². The van der Waals surface area contributed by atoms with Gasteiger partial charge >= 0.3 is 0 Å². The second kappa shape index (κ2) is 6.41. The van der Waals surface area contributed by atoms with Gasteiger partial charge in [0.25, 0.3) is 5.91 Å². The summed E-state index contributed by atoms with van der Waals surface area (Å²) >= 11 is 5.91. The first-order chi connectivity index (χ1) is 9.97. The Balaban J connectivity index is 2.25. The number of rotatable bonds is 4. The van der Waals surface area contributed by atoms with Crippen molar-refractivity contribution in [3.05, 3.63) is 41.3 Å². The summed E-state index contributed by atoms with van der Waals surface area (Å²) < 4.78 is 5.54. The first-order valence-corrected chi connectivity index (χ1v) is 6.69. The van der Waals surface area contributed by atoms with Crippen molar-refractivity contribution in [2.24, 2.45) is 0 Å². The lowest BCUT2D eigenvalue weighted by atomic mass is 10.2. The first-order valence-electron chi connectivity index (χ1n) is 6.31. The van der Waals surface area contributed by atoms with Crippen molar-refractivity contribution >= 4 is 28.9 Å². The Hall–Kier alpha value is -2.34. The van der Waals surface area contributed by atoms with Crippen LogP contribution in [0.3, 0.4) is 0 Å². The van der Waals surface area contributed by atoms with Crippen LogP contribution >= 0.6 is 11.6 Å². The molecule has 110 valence electrons. The number of nitrogens with zero attached hydrogens (tertiary/aromatic N) is 2. The van der Waals surface area contributed by atoms with Gasteiger partial charge in [0, 0.05) is 6.20 Å². The van der Waals surface area contributed by atoms with E-state index in [1.807, 2.05) is 13.8 Å². The van der Waals surface area contributed by atoms with Crippen LogP contribution in [0.2, 0.25) is 5.15 Å². The molecule has 0 radical (unpaired) electrons. The summed E-state index contributed by atoms with van der Waals surface area (Å²) in [6, 6.07) is 4.85. The van der Waals surface area contributed by atoms with Crippen molar-refractivity contribution in [3.63, 3.8) is 0 Å². The predicted molar refractivity (Wildman–Crippen MR) is 81.6 cm³/mol. The Labute approximate surface area is 127 Å². The molecule has 0 aliphatic carbocycles. The lowest BCUT2D eigenvalue weighted by Crippen LogP contribution is -2.16. The maximum atomic E-state index is 12.3. The molecule has 6 nitrogen and oxygen atoms in total. The number of pyridine rings is 2. The number of amides is 1. The SMILES string of the molecule is CC(C)Oc1ncccc1NC(=O)c1cc(N)cnc1Cl. The van der Waals surface area contributed by atoms with Crippen molar-refractivity contribution < 1.29 is 9.53 Å². The molecule has 2 heterocycles. The van der Waals surface area contributed by atoms with Gasteiger partial charge in [0.1, 0.15) is 10.8 Å². The van der Waals surface area contributed by atoms with E-state index < -0.39 is 5.91 Å². The number of nitrogens with one attached hydrogen (secondary N) is 1. The minimum absolute atomic E-state index is 0.0619. The number of aromatic nitrogens is 2. The molecule has 2 aromatic heterocycles. The fourth-order valence-corrected chi connectivity index (χ4v) is 1.81. The highest BCUT2D eigenvalue weighted by Gasteiger charge is 2.15. The lowest BCUT2D eigenvalue weighted by Gasteiger charge is -2.13. The van der Waals surface area contributed by atoms with Crippen molar-refractivity contribution in [2.75, 3.05) is 11.1 Å². The molecule has 21 heavy (non-hydrogen) atoms. The molecule has 0 saturated heterocycles. The van der Waals surface area contributed by atoms with Gasteiger partial charge in [0.05, 0.1) is 23.6 Å². The second-order valence-corrected chi connectivity index (χ2v) is 4.94. The third-order valence-electron chi connectivity index (χ3n) is 2.47. The standard InChI is InChI=1S/C14H15ClN4O2/c1-8(2)21-14-11(4-3-5-17-14)19-13(20)10-6-9(16)7-18-12(10)15/h3-8H,16H2,1-2H3,(H,19,20). The van der Waals surface area contributed by atoms with Gasteiger partial charge in [-0.3, -0.25) is 4.79 Å². The molecule has 2 rings (SSSR count). The minimum Gasteiger partial charge on any atom is -0.473 e. The Morgan fingerprint density at radius 2 is 2.19 bits per heavy atom. The van der Waals surface area contributed by atoms with E-state index in [1.165, 1.54) is 12.3 Å². The third-order valence-corrected chi connectivity index (χ3v) is 2.77. The van der Waals surface area contributed by atoms with Crippen LogP contribution in [-0.4, -0.2) is 22.0 Å². The zero-order chi connectivity index (χ0) is 15.4. The van der Waals surface area contributed by atoms with E-state index in [0.29, 0.717) is 17.3 Å². The predicted octanol–water partition coefficient (Wildman–Crippen LogP) is 2.75. The molecular formula is C14H15ClN4O2. The van der Waals surface area contributed by atoms with Crippen LogP contribution in [0.5, 0.6) is 5.88 Å². The highest BCUT2D eigenvalue weighted by atomic mass is 35.5. The summed E-state index contributed by atoms with van der Waals surface area (Å²) in [6.07, 6.45) is 2.91. The molecular weight excluding hydrogens is 292 g/mol. The van der Waals surface area contributed by atoms with Gasteiger partial charge in [-0.2, -0.15) is 0 Å². The van der Waals surface area contributed by atoms with Crippen LogP contribution in [0.25, 0.3) is 0 Å². The van der Waals surface area contributed by atoms with Gasteiger partial charge in [-0.1, -0.05) is 11.6 Å². The summed E-state index contributed by atoms with van der Waals surface area (Å²) in [5.74, 6) is -0.0877. The summed E-state index contributed by atoms with van der Waals surface area (Å²) in [4.78, 5) is 20.2. The number of nitrogen functional groups attached to an aromatic ring is 1. The van der Waals surface area contributed by atoms with Crippen LogP contribution in [0.1, 0.15) is 24.2 Å². The molecule has 0 aliphatic heterocycles. The molecule has 2 aromatic rings. The molecule has 0 saturated carbocycles. The fraction of sp³-hybridized carbons (Fsp3) is 0.214. The van der Waals surface area contributed by atoms with Crippen molar-refractivity contribution in [1.82, 2.24) is 9.97 Å². The highest BCUT2D eigenvalue weighted by molar-refractivity contribution is 6.33. The molecule has 0 aliphatic rings. The van der Waals surface area contributed by atoms with Gasteiger partial charge in [0.2, 0.25) is 5.88 Å². The van der Waals surface area contributed by atoms with E-state index in [4.69, 9.17) is 22.1 Å². The average molecular weight is 307 g/mol. The smallest absolute Gasteiger partial charge is 0.259 e. The van der Waals surface area contributed by atoms with Gasteiger partial charge < -0.3 is 15.8 Å². The third kappa shape index (κ3) is 3.82. The number of nitrogens with two attached hydrogens (primary N) is 1. The molecule has 3 N–H and O–H groups in total. The molecule has 0 atom stereocenters. The molecule has 0 spiro atoms. The molecule has 1 amide bonds. The van der Waals surface area contributed by atoms with E-state index in [2.05, 4.69) is 15.3 Å². The number of hydrogen-bond donors (Lipinski definition) is 2. The van der Waals surface area contributed by atoms with Crippen molar-refractivity contribution in [3.8, 4) is 5.88 Å². The highest BCUT2D eigenvalue weighted by Crippen LogP contribution is 2.24. The van der Waals surface area contributed by atoms with Gasteiger partial charge in [-0.05, 0) is 32.0 Å². The summed E-state index contributed by atoms with van der Waals surface area (Å²) in [6.45, 7) is 3.75. The Morgan fingerprint density at radius 3 is 2.90 bits per heavy atom. The second-order valence-electron chi connectivity index (χ2n) is 4.58. The molecule has 7 heteroatoms. The number of carbonyl (C=O) groups excluding carboxylic acids is 1. The van der Waals surface area contributed by atoms with Gasteiger partial charge in [-0.25, -0.2) is 9.97 Å². The maximum absolute atomic E-state index is 12.3. The summed E-state index contributed by atoms with van der Waals surface area (Å²) in [5.41, 5.74) is 6.62. The number of ether oxygens (including phenoxy) is 1. The molecule has 0 bridgehead atoms. The molecule has 0 aromatic carbocycles. The van der Waals surface area contributed by atoms with Crippen LogP contribution < -0.4 is 15.8 Å². The quantitative estimate of drug-likeness (QED) is 0.848. The normalized spacial score (nSPS) is 10.5. The zero-order valence-electron chi connectivity index (χ0n) is 11.6. The summed E-state index contributed by atoms with van der Waals surface area (Å²) in [5, 5.41) is 2.77. The average Bonchev–Trinajstić information content (AvgIpc) is 2.43. The number of halogens is 1. The Kier molecular flexibility index (Phi) is 4.59. The van der Waals surface area contributed by atoms with E-state index in [1.54, 1.807) is 18.3 Å². The lowest BCUT2D eigenvalue weighted by molar-refractivity contribution is 0.102. The zero-order valence-corrected chi connectivity index (χ0v) is 12.4. The van der Waals surface area contributed by atoms with Gasteiger partial charge in [0.15, 0.2) is 0 Å². The summed E-state index contributed by atoms with van der Waals surface area (Å²) in [7, 11) is 0. The Morgan fingerprint density at radius 1 is 1.43 bits per heavy atom. The van der Waals surface area contributed by atoms with E-state index in [-0.39, 0.29) is 16.8 Å². The maximum Gasteiger partial charge on any atom is 0.259 e. The number of carbonyl (C=O) groups is 1. The van der Waals surface area contributed by atoms with E-state index in [0.717, 1.165) is 0 Å². The molecule has 0 unspecified atom stereocenters. The molecule has 0 fully saturated rings. The minimum atomic E-state index is -0.429. The first kappa shape index (κ1) is 15.1. The monoisotopic (exact) mass is 306 g/mol. The van der Waals surface area contributed by atoms with Crippen molar-refractivity contribution in [1.29, 1.82) is 0 Å². The van der Waals surface area contributed by atoms with E-state index >= 15 is 0 Å². The van der Waals surface area contributed by atoms with Crippen LogP contribution in [0, 0.1) is 0 Å². The largest absolute Gasteiger partial charge is 0.473 e. The van der Waals surface area contributed by atoms with E-state index in [9.17, 15) is 4.79 Å². The van der Waals surface area contributed by atoms with Crippen LogP contribution in [-0.2, 0) is 0 Å². The fourth-order valence-electron chi connectivity index (χ4n) is 1.62. The topological polar surface area (TPSA) is 90.1 Å². The number of hydrogen-bond acceptors (Lipinski definition) is 5. The Bertz CT molecular complexity index is 661. The van der Waals surface area contributed by atoms with Crippen molar-refractivity contribution in [2.45, 2.75) is 20.0 Å².